The topological polar surface area (TPSA) is 82.9 Å². The first-order chi connectivity index (χ1) is 10.5. The average molecular weight is 322 g/mol. The summed E-state index contributed by atoms with van der Waals surface area (Å²) in [6, 6.07) is 5.85. The molecule has 1 aliphatic heterocycles. The Bertz CT molecular complexity index is 643. The van der Waals surface area contributed by atoms with E-state index in [1.165, 1.54) is 19.2 Å². The number of amides is 2. The third-order valence-corrected chi connectivity index (χ3v) is 4.03. The standard InChI is InChI=1S/C14H15FN4O2S/c1-8(9-3-5-10(15)6-4-9)18-19-14-17-12(20)7-11(22-14)13(21)16-2/h3-6,11H,7H2,1-2H3,(H,16,21)(H,17,19,20)/b18-8-/t11-/m1/s1. The van der Waals surface area contributed by atoms with Crippen molar-refractivity contribution in [1.82, 2.24) is 10.6 Å². The Labute approximate surface area is 131 Å². The van der Waals surface area contributed by atoms with Gasteiger partial charge in [0.25, 0.3) is 0 Å². The van der Waals surface area contributed by atoms with Crippen molar-refractivity contribution in [3.05, 3.63) is 35.6 Å². The normalized spacial score (nSPS) is 20.7. The summed E-state index contributed by atoms with van der Waals surface area (Å²) in [5, 5.41) is 12.8. The number of halogens is 1. The lowest BCUT2D eigenvalue weighted by molar-refractivity contribution is -0.125. The molecule has 8 heteroatoms. The highest BCUT2D eigenvalue weighted by Gasteiger charge is 2.29. The number of nitrogens with one attached hydrogen (secondary N) is 2. The summed E-state index contributed by atoms with van der Waals surface area (Å²) >= 11 is 1.15. The van der Waals surface area contributed by atoms with E-state index in [0.29, 0.717) is 5.71 Å². The summed E-state index contributed by atoms with van der Waals surface area (Å²) in [5.41, 5.74) is 1.30. The van der Waals surface area contributed by atoms with Crippen LogP contribution >= 0.6 is 11.8 Å². The summed E-state index contributed by atoms with van der Waals surface area (Å²) in [4.78, 5) is 23.2. The number of carbonyl (C=O) groups is 2. The summed E-state index contributed by atoms with van der Waals surface area (Å²) < 4.78 is 12.9. The maximum Gasteiger partial charge on any atom is 0.233 e. The van der Waals surface area contributed by atoms with Crippen LogP contribution in [-0.2, 0) is 9.59 Å². The predicted molar refractivity (Wildman–Crippen MR) is 84.3 cm³/mol. The quantitative estimate of drug-likeness (QED) is 0.649. The van der Waals surface area contributed by atoms with Crippen LogP contribution in [0.15, 0.2) is 34.5 Å². The van der Waals surface area contributed by atoms with Crippen LogP contribution in [0.1, 0.15) is 18.9 Å². The first-order valence-electron chi connectivity index (χ1n) is 6.56. The molecule has 1 atom stereocenters. The first-order valence-corrected chi connectivity index (χ1v) is 7.44. The minimum atomic E-state index is -0.515. The predicted octanol–water partition coefficient (Wildman–Crippen LogP) is 1.27. The Balaban J connectivity index is 2.13. The van der Waals surface area contributed by atoms with E-state index in [9.17, 15) is 14.0 Å². The average Bonchev–Trinajstić information content (AvgIpc) is 2.52. The van der Waals surface area contributed by atoms with Gasteiger partial charge in [0.05, 0.1) is 11.0 Å². The van der Waals surface area contributed by atoms with Gasteiger partial charge in [-0.3, -0.25) is 9.59 Å². The molecule has 0 unspecified atom stereocenters. The Hall–Kier alpha value is -2.22. The van der Waals surface area contributed by atoms with Crippen molar-refractivity contribution >= 4 is 34.5 Å². The maximum atomic E-state index is 12.9. The third kappa shape index (κ3) is 4.14. The van der Waals surface area contributed by atoms with Crippen LogP contribution in [0.3, 0.4) is 0 Å². The number of rotatable bonds is 3. The molecule has 0 saturated carbocycles. The molecule has 0 spiro atoms. The Morgan fingerprint density at radius 2 is 2.09 bits per heavy atom. The highest BCUT2D eigenvalue weighted by atomic mass is 32.2. The van der Waals surface area contributed by atoms with Gasteiger partial charge in [0.1, 0.15) is 5.82 Å². The second-order valence-corrected chi connectivity index (χ2v) is 5.76. The minimum Gasteiger partial charge on any atom is -0.358 e. The van der Waals surface area contributed by atoms with E-state index >= 15 is 0 Å². The van der Waals surface area contributed by atoms with Crippen LogP contribution < -0.4 is 10.6 Å². The number of hydrogen-bond donors (Lipinski definition) is 2. The summed E-state index contributed by atoms with van der Waals surface area (Å²) in [7, 11) is 1.52. The molecular formula is C14H15FN4O2S. The second kappa shape index (κ2) is 7.17. The molecule has 2 N–H and O–H groups in total. The van der Waals surface area contributed by atoms with E-state index in [-0.39, 0.29) is 29.2 Å². The fourth-order valence-corrected chi connectivity index (χ4v) is 2.76. The molecule has 0 aliphatic carbocycles. The first kappa shape index (κ1) is 16.2. The molecule has 0 bridgehead atoms. The molecule has 1 heterocycles. The maximum absolute atomic E-state index is 12.9. The fourth-order valence-electron chi connectivity index (χ4n) is 1.77. The molecule has 1 aromatic carbocycles. The van der Waals surface area contributed by atoms with Crippen LogP contribution in [0.2, 0.25) is 0 Å². The Morgan fingerprint density at radius 3 is 2.73 bits per heavy atom. The minimum absolute atomic E-state index is 0.101. The second-order valence-electron chi connectivity index (χ2n) is 4.57. The van der Waals surface area contributed by atoms with Crippen LogP contribution in [0.4, 0.5) is 4.39 Å². The van der Waals surface area contributed by atoms with Gasteiger partial charge in [0.2, 0.25) is 11.8 Å². The van der Waals surface area contributed by atoms with Gasteiger partial charge in [0, 0.05) is 13.5 Å². The molecule has 1 saturated heterocycles. The molecule has 1 aromatic rings. The van der Waals surface area contributed by atoms with E-state index < -0.39 is 5.25 Å². The van der Waals surface area contributed by atoms with E-state index in [1.54, 1.807) is 19.1 Å². The zero-order valence-electron chi connectivity index (χ0n) is 12.1. The Morgan fingerprint density at radius 1 is 1.41 bits per heavy atom. The third-order valence-electron chi connectivity index (χ3n) is 2.96. The molecule has 6 nitrogen and oxygen atoms in total. The lowest BCUT2D eigenvalue weighted by Crippen LogP contribution is -2.43. The number of nitrogens with zero attached hydrogens (tertiary/aromatic N) is 2. The molecule has 2 rings (SSSR count). The van der Waals surface area contributed by atoms with Crippen LogP contribution in [-0.4, -0.2) is 35.0 Å². The molecule has 22 heavy (non-hydrogen) atoms. The van der Waals surface area contributed by atoms with Crippen molar-refractivity contribution in [1.29, 1.82) is 0 Å². The molecule has 1 aliphatic rings. The van der Waals surface area contributed by atoms with Crippen molar-refractivity contribution in [2.75, 3.05) is 7.05 Å². The summed E-state index contributed by atoms with van der Waals surface area (Å²) in [6.07, 6.45) is 0.101. The van der Waals surface area contributed by atoms with Crippen LogP contribution in [0.5, 0.6) is 0 Å². The number of hydrogen-bond acceptors (Lipinski definition) is 5. The van der Waals surface area contributed by atoms with E-state index in [4.69, 9.17) is 0 Å². The van der Waals surface area contributed by atoms with Crippen molar-refractivity contribution in [3.8, 4) is 0 Å². The van der Waals surface area contributed by atoms with Gasteiger partial charge in [-0.05, 0) is 24.6 Å². The molecule has 116 valence electrons. The number of amidine groups is 1. The summed E-state index contributed by atoms with van der Waals surface area (Å²) in [5.74, 6) is -0.834. The van der Waals surface area contributed by atoms with Crippen molar-refractivity contribution in [3.63, 3.8) is 0 Å². The fraction of sp³-hybridized carbons (Fsp3) is 0.286. The van der Waals surface area contributed by atoms with Crippen molar-refractivity contribution in [2.45, 2.75) is 18.6 Å². The number of thioether (sulfide) groups is 1. The summed E-state index contributed by atoms with van der Waals surface area (Å²) in [6.45, 7) is 1.73. The highest BCUT2D eigenvalue weighted by molar-refractivity contribution is 8.15. The molecule has 1 fully saturated rings. The molecule has 0 aromatic heterocycles. The lowest BCUT2D eigenvalue weighted by atomic mass is 10.1. The van der Waals surface area contributed by atoms with Gasteiger partial charge < -0.3 is 10.6 Å². The van der Waals surface area contributed by atoms with Crippen LogP contribution in [0, 0.1) is 5.82 Å². The highest BCUT2D eigenvalue weighted by Crippen LogP contribution is 2.20. The SMILES string of the molecule is CNC(=O)[C@H]1CC(=O)N/C(=N/N=C(/C)c2ccc(F)cc2)S1. The van der Waals surface area contributed by atoms with Crippen molar-refractivity contribution in [2.24, 2.45) is 10.2 Å². The van der Waals surface area contributed by atoms with Gasteiger partial charge in [-0.2, -0.15) is 5.10 Å². The van der Waals surface area contributed by atoms with Gasteiger partial charge in [-0.25, -0.2) is 4.39 Å². The number of carbonyl (C=O) groups excluding carboxylic acids is 2. The molecule has 0 radical (unpaired) electrons. The van der Waals surface area contributed by atoms with Gasteiger partial charge in [0.15, 0.2) is 5.17 Å². The Kier molecular flexibility index (Phi) is 5.26. The van der Waals surface area contributed by atoms with Gasteiger partial charge in [-0.15, -0.1) is 5.10 Å². The largest absolute Gasteiger partial charge is 0.358 e. The van der Waals surface area contributed by atoms with Crippen LogP contribution in [0.25, 0.3) is 0 Å². The van der Waals surface area contributed by atoms with Gasteiger partial charge in [-0.1, -0.05) is 23.9 Å². The number of benzene rings is 1. The van der Waals surface area contributed by atoms with E-state index in [2.05, 4.69) is 20.8 Å². The van der Waals surface area contributed by atoms with Gasteiger partial charge >= 0.3 is 0 Å². The molecular weight excluding hydrogens is 307 g/mol. The molecule has 2 amide bonds. The smallest absolute Gasteiger partial charge is 0.233 e. The monoisotopic (exact) mass is 322 g/mol. The van der Waals surface area contributed by atoms with Crippen molar-refractivity contribution < 1.29 is 14.0 Å². The lowest BCUT2D eigenvalue weighted by Gasteiger charge is -2.20. The zero-order valence-corrected chi connectivity index (χ0v) is 12.9. The zero-order chi connectivity index (χ0) is 16.1. The van der Waals surface area contributed by atoms with E-state index in [1.807, 2.05) is 0 Å². The van der Waals surface area contributed by atoms with E-state index in [0.717, 1.165) is 17.3 Å².